The first kappa shape index (κ1) is 19.9. The summed E-state index contributed by atoms with van der Waals surface area (Å²) in [5, 5.41) is 2.55. The highest BCUT2D eigenvalue weighted by Gasteiger charge is 2.31. The van der Waals surface area contributed by atoms with Gasteiger partial charge in [-0.05, 0) is 48.4 Å². The summed E-state index contributed by atoms with van der Waals surface area (Å²) in [6.07, 6.45) is 0.627. The van der Waals surface area contributed by atoms with Crippen molar-refractivity contribution < 1.29 is 22.3 Å². The monoisotopic (exact) mass is 426 g/mol. The molecule has 4 rings (SSSR count). The van der Waals surface area contributed by atoms with E-state index < -0.39 is 21.7 Å². The fourth-order valence-electron chi connectivity index (χ4n) is 3.47. The highest BCUT2D eigenvalue weighted by molar-refractivity contribution is 7.92. The topological polar surface area (TPSA) is 75.7 Å². The largest absolute Gasteiger partial charge is 0.495 e. The maximum absolute atomic E-state index is 13.9. The van der Waals surface area contributed by atoms with E-state index in [0.29, 0.717) is 18.7 Å². The van der Waals surface area contributed by atoms with Gasteiger partial charge in [0.25, 0.3) is 15.9 Å². The molecule has 0 saturated carbocycles. The number of carbonyl (C=O) groups is 1. The Labute approximate surface area is 174 Å². The van der Waals surface area contributed by atoms with Crippen LogP contribution >= 0.6 is 0 Å². The van der Waals surface area contributed by atoms with Gasteiger partial charge in [0.05, 0.1) is 28.9 Å². The van der Waals surface area contributed by atoms with Gasteiger partial charge in [0.2, 0.25) is 0 Å². The smallest absolute Gasteiger partial charge is 0.264 e. The number of carbonyl (C=O) groups excluding carboxylic acids is 1. The summed E-state index contributed by atoms with van der Waals surface area (Å²) in [6.45, 7) is 0.338. The Morgan fingerprint density at radius 3 is 2.57 bits per heavy atom. The van der Waals surface area contributed by atoms with Gasteiger partial charge in [-0.15, -0.1) is 0 Å². The van der Waals surface area contributed by atoms with Crippen molar-refractivity contribution in [1.82, 2.24) is 0 Å². The van der Waals surface area contributed by atoms with Crippen LogP contribution in [0.3, 0.4) is 0 Å². The second kappa shape index (κ2) is 7.79. The van der Waals surface area contributed by atoms with E-state index >= 15 is 0 Å². The molecule has 8 heteroatoms. The second-order valence-corrected chi connectivity index (χ2v) is 8.61. The summed E-state index contributed by atoms with van der Waals surface area (Å²) in [5.74, 6) is -1.11. The van der Waals surface area contributed by atoms with Gasteiger partial charge in [0, 0.05) is 6.54 Å². The molecule has 1 N–H and O–H groups in total. The minimum Gasteiger partial charge on any atom is -0.495 e. The predicted molar refractivity (Wildman–Crippen MR) is 112 cm³/mol. The van der Waals surface area contributed by atoms with Crippen LogP contribution in [-0.2, 0) is 16.4 Å². The number of nitrogens with zero attached hydrogens (tertiary/aromatic N) is 1. The lowest BCUT2D eigenvalue weighted by Gasteiger charge is -2.20. The third-order valence-corrected chi connectivity index (χ3v) is 6.78. The van der Waals surface area contributed by atoms with Gasteiger partial charge < -0.3 is 10.1 Å². The fourth-order valence-corrected chi connectivity index (χ4v) is 5.00. The molecule has 0 aromatic heterocycles. The highest BCUT2D eigenvalue weighted by atomic mass is 32.2. The SMILES string of the molecule is COc1ccc(S(=O)(=O)N2CCc3ccccc32)cc1NC(=O)c1ccccc1F. The number of hydrogen-bond acceptors (Lipinski definition) is 4. The van der Waals surface area contributed by atoms with E-state index in [1.165, 1.54) is 47.8 Å². The summed E-state index contributed by atoms with van der Waals surface area (Å²) in [4.78, 5) is 12.5. The Balaban J connectivity index is 1.69. The molecule has 0 radical (unpaired) electrons. The van der Waals surface area contributed by atoms with Crippen LogP contribution in [0.25, 0.3) is 0 Å². The van der Waals surface area contributed by atoms with E-state index in [4.69, 9.17) is 4.74 Å². The van der Waals surface area contributed by atoms with Crippen LogP contribution in [0.1, 0.15) is 15.9 Å². The summed E-state index contributed by atoms with van der Waals surface area (Å²) < 4.78 is 47.1. The van der Waals surface area contributed by atoms with E-state index in [1.54, 1.807) is 18.2 Å². The third kappa shape index (κ3) is 3.50. The van der Waals surface area contributed by atoms with E-state index in [2.05, 4.69) is 5.32 Å². The standard InChI is InChI=1S/C22H19FN2O4S/c1-29-21-11-10-16(14-19(21)24-22(26)17-7-3-4-8-18(17)23)30(27,28)25-13-12-15-6-2-5-9-20(15)25/h2-11,14H,12-13H2,1H3,(H,24,26). The number of para-hydroxylation sites is 1. The Morgan fingerprint density at radius 2 is 1.80 bits per heavy atom. The van der Waals surface area contributed by atoms with Gasteiger partial charge in [0.15, 0.2) is 0 Å². The first-order chi connectivity index (χ1) is 14.4. The normalized spacial score (nSPS) is 13.1. The lowest BCUT2D eigenvalue weighted by atomic mass is 10.2. The summed E-state index contributed by atoms with van der Waals surface area (Å²) in [6, 6.07) is 17.1. The average molecular weight is 426 g/mol. The number of rotatable bonds is 5. The number of amides is 1. The Hall–Kier alpha value is -3.39. The molecule has 3 aromatic rings. The predicted octanol–water partition coefficient (Wildman–Crippen LogP) is 3.84. The number of anilines is 2. The molecular weight excluding hydrogens is 407 g/mol. The zero-order valence-corrected chi connectivity index (χ0v) is 16.9. The van der Waals surface area contributed by atoms with Crippen molar-refractivity contribution in [2.45, 2.75) is 11.3 Å². The molecule has 6 nitrogen and oxygen atoms in total. The van der Waals surface area contributed by atoms with Gasteiger partial charge in [0.1, 0.15) is 11.6 Å². The maximum Gasteiger partial charge on any atom is 0.264 e. The number of hydrogen-bond donors (Lipinski definition) is 1. The van der Waals surface area contributed by atoms with Crippen molar-refractivity contribution in [2.75, 3.05) is 23.3 Å². The van der Waals surface area contributed by atoms with Gasteiger partial charge >= 0.3 is 0 Å². The molecule has 0 spiro atoms. The molecule has 1 amide bonds. The lowest BCUT2D eigenvalue weighted by Crippen LogP contribution is -2.29. The van der Waals surface area contributed by atoms with Crippen molar-refractivity contribution in [3.8, 4) is 5.75 Å². The Morgan fingerprint density at radius 1 is 1.07 bits per heavy atom. The number of fused-ring (bicyclic) bond motifs is 1. The second-order valence-electron chi connectivity index (χ2n) is 6.75. The molecule has 1 aliphatic rings. The molecule has 1 aliphatic heterocycles. The van der Waals surface area contributed by atoms with Crippen LogP contribution in [0, 0.1) is 5.82 Å². The molecule has 154 valence electrons. The maximum atomic E-state index is 13.9. The molecule has 0 bridgehead atoms. The summed E-state index contributed by atoms with van der Waals surface area (Å²) >= 11 is 0. The molecule has 0 unspecified atom stereocenters. The van der Waals surface area contributed by atoms with E-state index in [9.17, 15) is 17.6 Å². The fraction of sp³-hybridized carbons (Fsp3) is 0.136. The first-order valence-electron chi connectivity index (χ1n) is 9.26. The van der Waals surface area contributed by atoms with E-state index in [1.807, 2.05) is 12.1 Å². The van der Waals surface area contributed by atoms with Crippen LogP contribution in [0.4, 0.5) is 15.8 Å². The molecule has 1 heterocycles. The quantitative estimate of drug-likeness (QED) is 0.673. The van der Waals surface area contributed by atoms with Crippen LogP contribution in [0.2, 0.25) is 0 Å². The van der Waals surface area contributed by atoms with Crippen molar-refractivity contribution in [3.05, 3.63) is 83.7 Å². The molecule has 0 saturated heterocycles. The van der Waals surface area contributed by atoms with E-state index in [-0.39, 0.29) is 21.9 Å². The van der Waals surface area contributed by atoms with Crippen molar-refractivity contribution in [1.29, 1.82) is 0 Å². The van der Waals surface area contributed by atoms with Gasteiger partial charge in [-0.3, -0.25) is 9.10 Å². The molecular formula is C22H19FN2O4S. The summed E-state index contributed by atoms with van der Waals surface area (Å²) in [7, 11) is -2.45. The van der Waals surface area contributed by atoms with Crippen LogP contribution < -0.4 is 14.4 Å². The third-order valence-electron chi connectivity index (χ3n) is 4.97. The Bertz CT molecular complexity index is 1230. The molecule has 0 aliphatic carbocycles. The van der Waals surface area contributed by atoms with Crippen molar-refractivity contribution >= 4 is 27.3 Å². The molecule has 30 heavy (non-hydrogen) atoms. The average Bonchev–Trinajstić information content (AvgIpc) is 3.19. The first-order valence-corrected chi connectivity index (χ1v) is 10.7. The number of ether oxygens (including phenoxy) is 1. The minimum atomic E-state index is -3.86. The molecule has 3 aromatic carbocycles. The zero-order chi connectivity index (χ0) is 21.3. The van der Waals surface area contributed by atoms with Gasteiger partial charge in [-0.2, -0.15) is 0 Å². The number of methoxy groups -OCH3 is 1. The molecule has 0 fully saturated rings. The van der Waals surface area contributed by atoms with E-state index in [0.717, 1.165) is 5.56 Å². The highest BCUT2D eigenvalue weighted by Crippen LogP contribution is 2.35. The summed E-state index contributed by atoms with van der Waals surface area (Å²) in [5.41, 5.74) is 1.59. The van der Waals surface area contributed by atoms with Crippen LogP contribution in [-0.4, -0.2) is 28.0 Å². The number of sulfonamides is 1. The number of benzene rings is 3. The zero-order valence-electron chi connectivity index (χ0n) is 16.1. The van der Waals surface area contributed by atoms with Crippen LogP contribution in [0.5, 0.6) is 5.75 Å². The lowest BCUT2D eigenvalue weighted by molar-refractivity contribution is 0.102. The van der Waals surface area contributed by atoms with Gasteiger partial charge in [-0.1, -0.05) is 30.3 Å². The van der Waals surface area contributed by atoms with Crippen molar-refractivity contribution in [3.63, 3.8) is 0 Å². The number of nitrogens with one attached hydrogen (secondary N) is 1. The Kier molecular flexibility index (Phi) is 5.17. The van der Waals surface area contributed by atoms with Crippen molar-refractivity contribution in [2.24, 2.45) is 0 Å². The number of halogens is 1. The van der Waals surface area contributed by atoms with Crippen LogP contribution in [0.15, 0.2) is 71.6 Å². The minimum absolute atomic E-state index is 0.00355. The molecule has 0 atom stereocenters. The van der Waals surface area contributed by atoms with Gasteiger partial charge in [-0.25, -0.2) is 12.8 Å².